The van der Waals surface area contributed by atoms with Crippen LogP contribution in [0.5, 0.6) is 0 Å². The van der Waals surface area contributed by atoms with E-state index in [9.17, 15) is 8.78 Å². The van der Waals surface area contributed by atoms with Gasteiger partial charge in [-0.1, -0.05) is 30.3 Å². The summed E-state index contributed by atoms with van der Waals surface area (Å²) in [6, 6.07) is 7.11. The molecule has 1 aliphatic carbocycles. The van der Waals surface area contributed by atoms with Gasteiger partial charge in [0.15, 0.2) is 0 Å². The van der Waals surface area contributed by atoms with Crippen LogP contribution in [-0.2, 0) is 6.42 Å². The topological polar surface area (TPSA) is 0 Å². The molecule has 0 atom stereocenters. The first-order valence-corrected chi connectivity index (χ1v) is 4.28. The molecule has 2 rings (SSSR count). The van der Waals surface area contributed by atoms with Gasteiger partial charge in [0.05, 0.1) is 0 Å². The monoisotopic (exact) mass is 180 g/mol. The van der Waals surface area contributed by atoms with Crippen molar-refractivity contribution in [2.45, 2.75) is 19.3 Å². The average molecular weight is 180 g/mol. The van der Waals surface area contributed by atoms with Crippen molar-refractivity contribution in [3.05, 3.63) is 41.5 Å². The Morgan fingerprint density at radius 2 is 2.00 bits per heavy atom. The Morgan fingerprint density at radius 1 is 1.31 bits per heavy atom. The van der Waals surface area contributed by atoms with Crippen LogP contribution in [0.3, 0.4) is 0 Å². The summed E-state index contributed by atoms with van der Waals surface area (Å²) < 4.78 is 26.7. The smallest absolute Gasteiger partial charge is 0.201 e. The summed E-state index contributed by atoms with van der Waals surface area (Å²) in [5.41, 5.74) is 1.62. The minimum atomic E-state index is -2.67. The van der Waals surface area contributed by atoms with Gasteiger partial charge in [0.25, 0.3) is 5.92 Å². The lowest BCUT2D eigenvalue weighted by atomic mass is 10.1. The molecule has 0 saturated heterocycles. The predicted molar refractivity (Wildman–Crippen MR) is 48.7 cm³/mol. The molecule has 1 aromatic rings. The van der Waals surface area contributed by atoms with Gasteiger partial charge in [-0.05, 0) is 18.1 Å². The molecule has 13 heavy (non-hydrogen) atoms. The Kier molecular flexibility index (Phi) is 1.72. The molecule has 0 aromatic heterocycles. The maximum Gasteiger partial charge on any atom is 0.277 e. The maximum atomic E-state index is 13.3. The zero-order valence-electron chi connectivity index (χ0n) is 7.35. The average Bonchev–Trinajstić information content (AvgIpc) is 2.33. The highest BCUT2D eigenvalue weighted by Gasteiger charge is 2.41. The van der Waals surface area contributed by atoms with Crippen molar-refractivity contribution >= 4 is 5.57 Å². The first-order chi connectivity index (χ1) is 6.15. The van der Waals surface area contributed by atoms with Crippen LogP contribution in [0, 0.1) is 0 Å². The van der Waals surface area contributed by atoms with Crippen molar-refractivity contribution in [3.8, 4) is 0 Å². The standard InChI is InChI=1S/C11H10F2/c1-2-10-9-6-4-3-5-8(9)7-11(10,12)13/h2-6H,7H2,1H3. The van der Waals surface area contributed by atoms with Crippen LogP contribution in [0.1, 0.15) is 18.1 Å². The van der Waals surface area contributed by atoms with Crippen LogP contribution in [0.15, 0.2) is 30.3 Å². The van der Waals surface area contributed by atoms with E-state index in [4.69, 9.17) is 0 Å². The van der Waals surface area contributed by atoms with Crippen molar-refractivity contribution in [3.63, 3.8) is 0 Å². The molecule has 0 heterocycles. The van der Waals surface area contributed by atoms with Crippen molar-refractivity contribution < 1.29 is 8.78 Å². The Morgan fingerprint density at radius 3 is 2.69 bits per heavy atom. The van der Waals surface area contributed by atoms with Crippen molar-refractivity contribution in [1.82, 2.24) is 0 Å². The number of halogens is 2. The molecule has 0 radical (unpaired) electrons. The van der Waals surface area contributed by atoms with Crippen LogP contribution in [0.4, 0.5) is 8.78 Å². The van der Waals surface area contributed by atoms with Crippen LogP contribution < -0.4 is 0 Å². The van der Waals surface area contributed by atoms with E-state index < -0.39 is 5.92 Å². The third-order valence-electron chi connectivity index (χ3n) is 2.40. The molecule has 2 heteroatoms. The third kappa shape index (κ3) is 1.17. The number of alkyl halides is 2. The summed E-state index contributed by atoms with van der Waals surface area (Å²) in [5, 5.41) is 0. The highest BCUT2D eigenvalue weighted by molar-refractivity contribution is 5.77. The van der Waals surface area contributed by atoms with Gasteiger partial charge in [0.2, 0.25) is 0 Å². The van der Waals surface area contributed by atoms with Crippen molar-refractivity contribution in [1.29, 1.82) is 0 Å². The van der Waals surface area contributed by atoms with Crippen LogP contribution in [-0.4, -0.2) is 5.92 Å². The second-order valence-corrected chi connectivity index (χ2v) is 3.24. The predicted octanol–water partition coefficient (Wildman–Crippen LogP) is 3.28. The Bertz CT molecular complexity index is 364. The molecule has 0 nitrogen and oxygen atoms in total. The molecule has 0 saturated carbocycles. The van der Waals surface area contributed by atoms with Gasteiger partial charge in [-0.15, -0.1) is 0 Å². The van der Waals surface area contributed by atoms with E-state index in [1.165, 1.54) is 6.08 Å². The fraction of sp³-hybridized carbons (Fsp3) is 0.273. The molecule has 0 spiro atoms. The zero-order valence-corrected chi connectivity index (χ0v) is 7.35. The molecule has 0 fully saturated rings. The molecule has 0 aliphatic heterocycles. The van der Waals surface area contributed by atoms with Crippen LogP contribution in [0.25, 0.3) is 5.57 Å². The van der Waals surface area contributed by atoms with Gasteiger partial charge < -0.3 is 0 Å². The van der Waals surface area contributed by atoms with E-state index in [0.717, 1.165) is 5.56 Å². The fourth-order valence-electron chi connectivity index (χ4n) is 1.84. The summed E-state index contributed by atoms with van der Waals surface area (Å²) in [6.07, 6.45) is 1.36. The molecular weight excluding hydrogens is 170 g/mol. The molecule has 0 unspecified atom stereocenters. The first kappa shape index (κ1) is 8.42. The van der Waals surface area contributed by atoms with E-state index in [2.05, 4.69) is 0 Å². The van der Waals surface area contributed by atoms with E-state index in [1.807, 2.05) is 0 Å². The highest BCUT2D eigenvalue weighted by Crippen LogP contribution is 2.43. The number of rotatable bonds is 0. The van der Waals surface area contributed by atoms with Gasteiger partial charge >= 0.3 is 0 Å². The van der Waals surface area contributed by atoms with Crippen molar-refractivity contribution in [2.24, 2.45) is 0 Å². The summed E-state index contributed by atoms with van der Waals surface area (Å²) in [4.78, 5) is 0. The quantitative estimate of drug-likeness (QED) is 0.574. The fourth-order valence-corrected chi connectivity index (χ4v) is 1.84. The van der Waals surface area contributed by atoms with Crippen LogP contribution >= 0.6 is 0 Å². The van der Waals surface area contributed by atoms with Gasteiger partial charge in [-0.3, -0.25) is 0 Å². The number of hydrogen-bond acceptors (Lipinski definition) is 0. The molecule has 0 N–H and O–H groups in total. The molecule has 1 aliphatic rings. The zero-order chi connectivity index (χ0) is 9.47. The Balaban J connectivity index is 2.60. The van der Waals surface area contributed by atoms with Crippen LogP contribution in [0.2, 0.25) is 0 Å². The molecule has 0 bridgehead atoms. The van der Waals surface area contributed by atoms with Gasteiger partial charge in [0, 0.05) is 12.0 Å². The van der Waals surface area contributed by atoms with E-state index in [0.29, 0.717) is 5.56 Å². The third-order valence-corrected chi connectivity index (χ3v) is 2.40. The lowest BCUT2D eigenvalue weighted by Crippen LogP contribution is -2.13. The Labute approximate surface area is 75.9 Å². The Hall–Kier alpha value is -1.18. The SMILES string of the molecule is CC=C1c2ccccc2CC1(F)F. The minimum absolute atomic E-state index is 0.150. The second-order valence-electron chi connectivity index (χ2n) is 3.24. The molecule has 1 aromatic carbocycles. The van der Waals surface area contributed by atoms with Gasteiger partial charge in [-0.2, -0.15) is 0 Å². The maximum absolute atomic E-state index is 13.3. The minimum Gasteiger partial charge on any atom is -0.201 e. The largest absolute Gasteiger partial charge is 0.277 e. The summed E-state index contributed by atoms with van der Waals surface area (Å²) >= 11 is 0. The molecule has 68 valence electrons. The van der Waals surface area contributed by atoms with Gasteiger partial charge in [-0.25, -0.2) is 8.78 Å². The number of hydrogen-bond donors (Lipinski definition) is 0. The second kappa shape index (κ2) is 2.66. The summed E-state index contributed by atoms with van der Waals surface area (Å²) in [5.74, 6) is -2.67. The number of allylic oxidation sites excluding steroid dienone is 2. The van der Waals surface area contributed by atoms with E-state index in [-0.39, 0.29) is 12.0 Å². The summed E-state index contributed by atoms with van der Waals surface area (Å²) in [6.45, 7) is 1.66. The molecule has 0 amide bonds. The van der Waals surface area contributed by atoms with Crippen molar-refractivity contribution in [2.75, 3.05) is 0 Å². The summed E-state index contributed by atoms with van der Waals surface area (Å²) in [7, 11) is 0. The van der Waals surface area contributed by atoms with E-state index in [1.54, 1.807) is 31.2 Å². The van der Waals surface area contributed by atoms with Gasteiger partial charge in [0.1, 0.15) is 0 Å². The number of benzene rings is 1. The lowest BCUT2D eigenvalue weighted by Gasteiger charge is -2.09. The highest BCUT2D eigenvalue weighted by atomic mass is 19.3. The van der Waals surface area contributed by atoms with E-state index >= 15 is 0 Å². The first-order valence-electron chi connectivity index (χ1n) is 4.28. The number of fused-ring (bicyclic) bond motifs is 1. The normalized spacial score (nSPS) is 21.9. The lowest BCUT2D eigenvalue weighted by molar-refractivity contribution is 0.0740. The molecular formula is C11H10F2.